The first kappa shape index (κ1) is 10.2. The van der Waals surface area contributed by atoms with Gasteiger partial charge in [-0.15, -0.1) is 11.6 Å². The van der Waals surface area contributed by atoms with Gasteiger partial charge in [0.25, 0.3) is 0 Å². The van der Waals surface area contributed by atoms with Crippen LogP contribution in [-0.2, 0) is 9.59 Å². The third-order valence-corrected chi connectivity index (χ3v) is 1.53. The lowest BCUT2D eigenvalue weighted by molar-refractivity contribution is -0.156. The number of halogens is 1. The number of aliphatic hydroxyl groups is 1. The summed E-state index contributed by atoms with van der Waals surface area (Å²) in [5, 5.41) is 25.2. The highest BCUT2D eigenvalue weighted by Gasteiger charge is 2.43. The standard InChI is InChI=1S/C5H7ClO5/c1-5(6,4(10)11)2(7)3(8)9/h2,7H,1H3,(H,8,9)(H,10,11). The number of aliphatic carboxylic acids is 2. The lowest BCUT2D eigenvalue weighted by Gasteiger charge is -2.19. The van der Waals surface area contributed by atoms with Gasteiger partial charge in [0.15, 0.2) is 11.0 Å². The largest absolute Gasteiger partial charge is 0.480 e. The summed E-state index contributed by atoms with van der Waals surface area (Å²) in [6.45, 7) is 0.912. The van der Waals surface area contributed by atoms with E-state index >= 15 is 0 Å². The van der Waals surface area contributed by atoms with Crippen molar-refractivity contribution in [2.45, 2.75) is 17.9 Å². The summed E-state index contributed by atoms with van der Waals surface area (Å²) in [6.07, 6.45) is -2.11. The zero-order valence-corrected chi connectivity index (χ0v) is 6.37. The molecular formula is C5H7ClO5. The summed E-state index contributed by atoms with van der Waals surface area (Å²) >= 11 is 5.19. The van der Waals surface area contributed by atoms with E-state index in [9.17, 15) is 9.59 Å². The van der Waals surface area contributed by atoms with E-state index in [-0.39, 0.29) is 0 Å². The summed E-state index contributed by atoms with van der Waals surface area (Å²) in [5.74, 6) is -3.24. The van der Waals surface area contributed by atoms with Gasteiger partial charge in [0.05, 0.1) is 0 Å². The molecule has 0 aliphatic carbocycles. The minimum absolute atomic E-state index is 0.912. The van der Waals surface area contributed by atoms with Crippen LogP contribution in [0.2, 0.25) is 0 Å². The van der Waals surface area contributed by atoms with E-state index in [0.29, 0.717) is 0 Å². The van der Waals surface area contributed by atoms with Crippen LogP contribution in [0.3, 0.4) is 0 Å². The fraction of sp³-hybridized carbons (Fsp3) is 0.600. The van der Waals surface area contributed by atoms with Crippen LogP contribution >= 0.6 is 11.6 Å². The van der Waals surface area contributed by atoms with Crippen LogP contribution in [0.1, 0.15) is 6.92 Å². The van der Waals surface area contributed by atoms with Crippen LogP contribution in [0.25, 0.3) is 0 Å². The molecule has 0 aliphatic heterocycles. The van der Waals surface area contributed by atoms with E-state index < -0.39 is 22.9 Å². The highest BCUT2D eigenvalue weighted by Crippen LogP contribution is 2.19. The normalized spacial score (nSPS) is 18.5. The van der Waals surface area contributed by atoms with Crippen molar-refractivity contribution in [2.75, 3.05) is 0 Å². The van der Waals surface area contributed by atoms with Gasteiger partial charge >= 0.3 is 11.9 Å². The molecule has 0 rings (SSSR count). The fourth-order valence-electron chi connectivity index (χ4n) is 0.349. The average Bonchev–Trinajstić information content (AvgIpc) is 1.85. The third-order valence-electron chi connectivity index (χ3n) is 1.17. The van der Waals surface area contributed by atoms with E-state index in [1.54, 1.807) is 0 Å². The lowest BCUT2D eigenvalue weighted by atomic mass is 10.1. The number of alkyl halides is 1. The van der Waals surface area contributed by atoms with Gasteiger partial charge < -0.3 is 15.3 Å². The lowest BCUT2D eigenvalue weighted by Crippen LogP contribution is -2.46. The zero-order valence-electron chi connectivity index (χ0n) is 5.61. The molecule has 2 unspecified atom stereocenters. The maximum absolute atomic E-state index is 10.2. The topological polar surface area (TPSA) is 94.8 Å². The predicted molar refractivity (Wildman–Crippen MR) is 35.5 cm³/mol. The minimum atomic E-state index is -2.17. The summed E-state index contributed by atoms with van der Waals surface area (Å²) in [7, 11) is 0. The zero-order chi connectivity index (χ0) is 9.23. The molecule has 11 heavy (non-hydrogen) atoms. The second kappa shape index (κ2) is 3.06. The van der Waals surface area contributed by atoms with Crippen molar-refractivity contribution >= 4 is 23.5 Å². The quantitative estimate of drug-likeness (QED) is 0.512. The molecule has 6 heteroatoms. The molecule has 0 radical (unpaired) electrons. The molecule has 2 atom stereocenters. The van der Waals surface area contributed by atoms with E-state index in [4.69, 9.17) is 26.9 Å². The van der Waals surface area contributed by atoms with Gasteiger partial charge in [-0.3, -0.25) is 4.79 Å². The third kappa shape index (κ3) is 2.06. The van der Waals surface area contributed by atoms with Gasteiger partial charge in [0.2, 0.25) is 0 Å². The Kier molecular flexibility index (Phi) is 2.84. The fourth-order valence-corrected chi connectivity index (χ4v) is 0.442. The Labute approximate surface area is 67.2 Å². The summed E-state index contributed by atoms with van der Waals surface area (Å²) in [4.78, 5) is 18.1. The number of hydrogen-bond acceptors (Lipinski definition) is 3. The van der Waals surface area contributed by atoms with E-state index in [0.717, 1.165) is 6.92 Å². The second-order valence-corrected chi connectivity index (χ2v) is 2.91. The van der Waals surface area contributed by atoms with Crippen LogP contribution in [0.4, 0.5) is 0 Å². The number of aliphatic hydroxyl groups excluding tert-OH is 1. The first-order chi connectivity index (χ1) is 4.80. The maximum Gasteiger partial charge on any atom is 0.335 e. The van der Waals surface area contributed by atoms with Crippen molar-refractivity contribution < 1.29 is 24.9 Å². The number of rotatable bonds is 3. The first-order valence-electron chi connectivity index (χ1n) is 2.63. The maximum atomic E-state index is 10.2. The summed E-state index contributed by atoms with van der Waals surface area (Å²) in [6, 6.07) is 0. The van der Waals surface area contributed by atoms with Gasteiger partial charge in [-0.2, -0.15) is 0 Å². The molecule has 0 aromatic heterocycles. The molecule has 0 aromatic rings. The SMILES string of the molecule is CC(Cl)(C(=O)O)C(O)C(=O)O. The molecule has 0 amide bonds. The highest BCUT2D eigenvalue weighted by molar-refractivity contribution is 6.35. The summed E-state index contributed by atoms with van der Waals surface area (Å²) in [5.41, 5.74) is 0. The number of carboxylic acids is 2. The van der Waals surface area contributed by atoms with E-state index in [1.165, 1.54) is 0 Å². The van der Waals surface area contributed by atoms with Gasteiger partial charge in [-0.25, -0.2) is 4.79 Å². The number of carboxylic acid groups (broad SMARTS) is 2. The smallest absolute Gasteiger partial charge is 0.335 e. The Hall–Kier alpha value is -0.810. The molecule has 0 fully saturated rings. The molecule has 3 N–H and O–H groups in total. The average molecular weight is 183 g/mol. The Morgan fingerprint density at radius 3 is 1.91 bits per heavy atom. The monoisotopic (exact) mass is 182 g/mol. The van der Waals surface area contributed by atoms with Crippen LogP contribution in [0.5, 0.6) is 0 Å². The van der Waals surface area contributed by atoms with Crippen LogP contribution in [0.15, 0.2) is 0 Å². The molecule has 0 saturated heterocycles. The van der Waals surface area contributed by atoms with Crippen molar-refractivity contribution in [3.8, 4) is 0 Å². The molecule has 0 bridgehead atoms. The molecule has 0 aromatic carbocycles. The molecule has 0 heterocycles. The number of hydrogen-bond donors (Lipinski definition) is 3. The van der Waals surface area contributed by atoms with Crippen molar-refractivity contribution in [1.82, 2.24) is 0 Å². The molecule has 64 valence electrons. The Bertz CT molecular complexity index is 187. The van der Waals surface area contributed by atoms with Gasteiger partial charge in [-0.05, 0) is 6.92 Å². The van der Waals surface area contributed by atoms with Crippen LogP contribution < -0.4 is 0 Å². The summed E-state index contributed by atoms with van der Waals surface area (Å²) < 4.78 is 0. The van der Waals surface area contributed by atoms with Gasteiger partial charge in [0, 0.05) is 0 Å². The molecule has 5 nitrogen and oxygen atoms in total. The Morgan fingerprint density at radius 2 is 1.82 bits per heavy atom. The van der Waals surface area contributed by atoms with Gasteiger partial charge in [-0.1, -0.05) is 0 Å². The van der Waals surface area contributed by atoms with Crippen LogP contribution in [-0.4, -0.2) is 38.2 Å². The Morgan fingerprint density at radius 1 is 1.45 bits per heavy atom. The van der Waals surface area contributed by atoms with Crippen molar-refractivity contribution in [2.24, 2.45) is 0 Å². The molecule has 0 spiro atoms. The number of carbonyl (C=O) groups is 2. The predicted octanol–water partition coefficient (Wildman–Crippen LogP) is -0.486. The van der Waals surface area contributed by atoms with Crippen molar-refractivity contribution in [1.29, 1.82) is 0 Å². The van der Waals surface area contributed by atoms with Crippen molar-refractivity contribution in [3.63, 3.8) is 0 Å². The highest BCUT2D eigenvalue weighted by atomic mass is 35.5. The second-order valence-electron chi connectivity index (χ2n) is 2.12. The molecule has 0 saturated carbocycles. The first-order valence-corrected chi connectivity index (χ1v) is 3.01. The Balaban J connectivity index is 4.55. The van der Waals surface area contributed by atoms with Crippen LogP contribution in [0, 0.1) is 0 Å². The van der Waals surface area contributed by atoms with E-state index in [1.807, 2.05) is 0 Å². The van der Waals surface area contributed by atoms with Crippen molar-refractivity contribution in [3.05, 3.63) is 0 Å². The van der Waals surface area contributed by atoms with E-state index in [2.05, 4.69) is 0 Å². The molecular weight excluding hydrogens is 176 g/mol. The minimum Gasteiger partial charge on any atom is -0.480 e. The van der Waals surface area contributed by atoms with Gasteiger partial charge in [0.1, 0.15) is 0 Å². The molecule has 0 aliphatic rings.